The molecule has 2 N–H and O–H groups in total. The highest BCUT2D eigenvalue weighted by Crippen LogP contribution is 2.17. The number of aliphatic hydroxyl groups is 1. The minimum absolute atomic E-state index is 0.198. The summed E-state index contributed by atoms with van der Waals surface area (Å²) in [6.45, 7) is 5.06. The molecule has 0 heterocycles. The molecule has 0 aliphatic carbocycles. The molecule has 0 saturated carbocycles. The fraction of sp³-hybridized carbons (Fsp3) is 0.538. The van der Waals surface area contributed by atoms with E-state index in [-0.39, 0.29) is 17.9 Å². The molecule has 2 atom stereocenters. The molecule has 1 rings (SSSR count). The van der Waals surface area contributed by atoms with Crippen molar-refractivity contribution in [3.8, 4) is 0 Å². The van der Waals surface area contributed by atoms with Gasteiger partial charge in [0.05, 0.1) is 6.61 Å². The van der Waals surface area contributed by atoms with Gasteiger partial charge in [0.1, 0.15) is 0 Å². The van der Waals surface area contributed by atoms with Gasteiger partial charge in [0, 0.05) is 22.9 Å². The smallest absolute Gasteiger partial charge is 0.0564 e. The number of rotatable bonds is 6. The summed E-state index contributed by atoms with van der Waals surface area (Å²) in [4.78, 5) is 0. The van der Waals surface area contributed by atoms with Crippen molar-refractivity contribution in [1.82, 2.24) is 5.32 Å². The van der Waals surface area contributed by atoms with Crippen molar-refractivity contribution in [2.45, 2.75) is 31.7 Å². The van der Waals surface area contributed by atoms with E-state index in [1.54, 1.807) is 11.8 Å². The van der Waals surface area contributed by atoms with E-state index in [2.05, 4.69) is 18.3 Å². The van der Waals surface area contributed by atoms with Gasteiger partial charge in [0.2, 0.25) is 0 Å². The second-order valence-electron chi connectivity index (χ2n) is 4.21. The van der Waals surface area contributed by atoms with Crippen LogP contribution in [0.4, 0.5) is 0 Å². The van der Waals surface area contributed by atoms with Gasteiger partial charge in [-0.15, -0.1) is 0 Å². The van der Waals surface area contributed by atoms with E-state index in [9.17, 15) is 5.11 Å². The monoisotopic (exact) mass is 273 g/mol. The molecule has 0 radical (unpaired) electrons. The highest BCUT2D eigenvalue weighted by atomic mass is 35.5. The maximum atomic E-state index is 9.19. The third-order valence-electron chi connectivity index (χ3n) is 2.90. The Kier molecular flexibility index (Phi) is 6.34. The lowest BCUT2D eigenvalue weighted by atomic mass is 10.1. The standard InChI is InChI=1S/C13H20ClNOS/c1-9-4-5-11(6-12(9)14)7-15-10(2)13(8-16)17-3/h4-6,10,13,15-16H,7-8H2,1-3H3. The van der Waals surface area contributed by atoms with E-state index in [1.165, 1.54) is 5.56 Å². The molecule has 0 bridgehead atoms. The number of hydrogen-bond acceptors (Lipinski definition) is 3. The third-order valence-corrected chi connectivity index (χ3v) is 4.47. The molecule has 0 aliphatic heterocycles. The zero-order valence-electron chi connectivity index (χ0n) is 10.5. The number of thioether (sulfide) groups is 1. The molecule has 2 unspecified atom stereocenters. The van der Waals surface area contributed by atoms with Crippen molar-refractivity contribution in [3.05, 3.63) is 34.3 Å². The Labute approximate surface area is 113 Å². The first-order chi connectivity index (χ1) is 8.08. The van der Waals surface area contributed by atoms with E-state index < -0.39 is 0 Å². The number of benzene rings is 1. The van der Waals surface area contributed by atoms with Crippen LogP contribution in [0.25, 0.3) is 0 Å². The normalized spacial score (nSPS) is 14.6. The summed E-state index contributed by atoms with van der Waals surface area (Å²) in [5.74, 6) is 0. The Morgan fingerprint density at radius 3 is 2.71 bits per heavy atom. The van der Waals surface area contributed by atoms with Crippen LogP contribution in [-0.4, -0.2) is 29.3 Å². The second kappa shape index (κ2) is 7.27. The third kappa shape index (κ3) is 4.51. The first kappa shape index (κ1) is 14.8. The summed E-state index contributed by atoms with van der Waals surface area (Å²) >= 11 is 7.75. The van der Waals surface area contributed by atoms with Gasteiger partial charge in [-0.3, -0.25) is 0 Å². The quantitative estimate of drug-likeness (QED) is 0.836. The Balaban J connectivity index is 2.52. The number of nitrogens with one attached hydrogen (secondary N) is 1. The fourth-order valence-electron chi connectivity index (χ4n) is 1.59. The molecular weight excluding hydrogens is 254 g/mol. The van der Waals surface area contributed by atoms with Crippen LogP contribution in [0, 0.1) is 6.92 Å². The van der Waals surface area contributed by atoms with Crippen LogP contribution in [0.2, 0.25) is 5.02 Å². The molecule has 96 valence electrons. The van der Waals surface area contributed by atoms with Crippen LogP contribution in [-0.2, 0) is 6.54 Å². The van der Waals surface area contributed by atoms with Crippen LogP contribution in [0.1, 0.15) is 18.1 Å². The maximum absolute atomic E-state index is 9.19. The topological polar surface area (TPSA) is 32.3 Å². The molecule has 4 heteroatoms. The predicted octanol–water partition coefficient (Wildman–Crippen LogP) is 2.85. The lowest BCUT2D eigenvalue weighted by molar-refractivity contribution is 0.276. The maximum Gasteiger partial charge on any atom is 0.0564 e. The molecule has 17 heavy (non-hydrogen) atoms. The van der Waals surface area contributed by atoms with Gasteiger partial charge in [-0.2, -0.15) is 11.8 Å². The Morgan fingerprint density at radius 2 is 2.18 bits per heavy atom. The Bertz CT molecular complexity index is 355. The van der Waals surface area contributed by atoms with Crippen LogP contribution < -0.4 is 5.32 Å². The average Bonchev–Trinajstić information content (AvgIpc) is 2.32. The van der Waals surface area contributed by atoms with Crippen molar-refractivity contribution in [1.29, 1.82) is 0 Å². The average molecular weight is 274 g/mol. The Hall–Kier alpha value is -0.220. The minimum Gasteiger partial charge on any atom is -0.395 e. The number of aliphatic hydroxyl groups excluding tert-OH is 1. The van der Waals surface area contributed by atoms with Gasteiger partial charge in [0.15, 0.2) is 0 Å². The van der Waals surface area contributed by atoms with Gasteiger partial charge in [-0.1, -0.05) is 23.7 Å². The number of hydrogen-bond donors (Lipinski definition) is 2. The second-order valence-corrected chi connectivity index (χ2v) is 5.69. The van der Waals surface area contributed by atoms with Gasteiger partial charge < -0.3 is 10.4 Å². The number of aryl methyl sites for hydroxylation is 1. The fourth-order valence-corrected chi connectivity index (χ4v) is 2.45. The first-order valence-electron chi connectivity index (χ1n) is 5.70. The lowest BCUT2D eigenvalue weighted by Gasteiger charge is -2.21. The molecule has 0 aromatic heterocycles. The molecule has 0 spiro atoms. The summed E-state index contributed by atoms with van der Waals surface area (Å²) < 4.78 is 0. The predicted molar refractivity (Wildman–Crippen MR) is 76.9 cm³/mol. The van der Waals surface area contributed by atoms with E-state index in [0.717, 1.165) is 17.1 Å². The van der Waals surface area contributed by atoms with Crippen molar-refractivity contribution in [2.75, 3.05) is 12.9 Å². The van der Waals surface area contributed by atoms with Gasteiger partial charge in [0.25, 0.3) is 0 Å². The van der Waals surface area contributed by atoms with Crippen LogP contribution >= 0.6 is 23.4 Å². The van der Waals surface area contributed by atoms with E-state index in [0.29, 0.717) is 0 Å². The molecule has 0 aliphatic rings. The molecule has 0 amide bonds. The largest absolute Gasteiger partial charge is 0.395 e. The van der Waals surface area contributed by atoms with Gasteiger partial charge >= 0.3 is 0 Å². The zero-order chi connectivity index (χ0) is 12.8. The van der Waals surface area contributed by atoms with Gasteiger partial charge in [-0.25, -0.2) is 0 Å². The number of halogens is 1. The minimum atomic E-state index is 0.198. The highest BCUT2D eigenvalue weighted by molar-refractivity contribution is 7.99. The summed E-state index contributed by atoms with van der Waals surface area (Å²) in [7, 11) is 0. The molecule has 1 aromatic carbocycles. The van der Waals surface area contributed by atoms with E-state index in [4.69, 9.17) is 11.6 Å². The van der Waals surface area contributed by atoms with E-state index in [1.807, 2.05) is 25.3 Å². The highest BCUT2D eigenvalue weighted by Gasteiger charge is 2.14. The zero-order valence-corrected chi connectivity index (χ0v) is 12.1. The van der Waals surface area contributed by atoms with E-state index >= 15 is 0 Å². The van der Waals surface area contributed by atoms with Crippen molar-refractivity contribution >= 4 is 23.4 Å². The summed E-state index contributed by atoms with van der Waals surface area (Å²) in [5, 5.41) is 13.6. The summed E-state index contributed by atoms with van der Waals surface area (Å²) in [6.07, 6.45) is 2.02. The first-order valence-corrected chi connectivity index (χ1v) is 7.37. The summed E-state index contributed by atoms with van der Waals surface area (Å²) in [5.41, 5.74) is 2.27. The van der Waals surface area contributed by atoms with Crippen LogP contribution in [0.5, 0.6) is 0 Å². The van der Waals surface area contributed by atoms with Crippen LogP contribution in [0.15, 0.2) is 18.2 Å². The molecule has 2 nitrogen and oxygen atoms in total. The van der Waals surface area contributed by atoms with Crippen molar-refractivity contribution < 1.29 is 5.11 Å². The molecule has 0 saturated heterocycles. The lowest BCUT2D eigenvalue weighted by Crippen LogP contribution is -2.37. The summed E-state index contributed by atoms with van der Waals surface area (Å²) in [6, 6.07) is 6.37. The molecule has 0 fully saturated rings. The van der Waals surface area contributed by atoms with Crippen LogP contribution in [0.3, 0.4) is 0 Å². The SMILES string of the molecule is CSC(CO)C(C)NCc1ccc(C)c(Cl)c1. The van der Waals surface area contributed by atoms with Crippen molar-refractivity contribution in [3.63, 3.8) is 0 Å². The Morgan fingerprint density at radius 1 is 1.47 bits per heavy atom. The molecular formula is C13H20ClNOS. The molecule has 1 aromatic rings. The van der Waals surface area contributed by atoms with Crippen molar-refractivity contribution in [2.24, 2.45) is 0 Å². The van der Waals surface area contributed by atoms with Gasteiger partial charge in [-0.05, 0) is 37.3 Å².